The van der Waals surface area contributed by atoms with Gasteiger partial charge in [-0.25, -0.2) is 0 Å². The Morgan fingerprint density at radius 1 is 1.25 bits per heavy atom. The van der Waals surface area contributed by atoms with Gasteiger partial charge in [0.2, 0.25) is 11.8 Å². The molecule has 0 aliphatic rings. The molecule has 2 amide bonds. The molecule has 0 aliphatic carbocycles. The SMILES string of the molecule is CNC(=O)CSCC(=O)NCCn1cc(C)ccc1=O. The third-order valence-corrected chi connectivity index (χ3v) is 3.48. The lowest BCUT2D eigenvalue weighted by molar-refractivity contribution is -0.118. The zero-order chi connectivity index (χ0) is 15.0. The van der Waals surface area contributed by atoms with Gasteiger partial charge in [-0.15, -0.1) is 11.8 Å². The molecule has 0 atom stereocenters. The standard InChI is InChI=1S/C13H19N3O3S/c1-10-3-4-13(19)16(7-10)6-5-15-12(18)9-20-8-11(17)14-2/h3-4,7H,5-6,8-9H2,1-2H3,(H,14,17)(H,15,18). The zero-order valence-electron chi connectivity index (χ0n) is 11.6. The molecule has 1 aromatic heterocycles. The molecular formula is C13H19N3O3S. The minimum atomic E-state index is -0.139. The molecule has 0 spiro atoms. The van der Waals surface area contributed by atoms with Crippen LogP contribution in [0.3, 0.4) is 0 Å². The second-order valence-electron chi connectivity index (χ2n) is 4.25. The van der Waals surface area contributed by atoms with Gasteiger partial charge in [0.1, 0.15) is 0 Å². The van der Waals surface area contributed by atoms with Gasteiger partial charge < -0.3 is 15.2 Å². The number of hydrogen-bond acceptors (Lipinski definition) is 4. The summed E-state index contributed by atoms with van der Waals surface area (Å²) >= 11 is 1.25. The van der Waals surface area contributed by atoms with Crippen molar-refractivity contribution >= 4 is 23.6 Å². The van der Waals surface area contributed by atoms with Crippen LogP contribution in [0.15, 0.2) is 23.1 Å². The number of hydrogen-bond donors (Lipinski definition) is 2. The molecule has 1 aromatic rings. The first kappa shape index (κ1) is 16.3. The van der Waals surface area contributed by atoms with Crippen LogP contribution in [0.4, 0.5) is 0 Å². The van der Waals surface area contributed by atoms with E-state index in [-0.39, 0.29) is 28.9 Å². The van der Waals surface area contributed by atoms with Gasteiger partial charge in [-0.2, -0.15) is 0 Å². The maximum Gasteiger partial charge on any atom is 0.250 e. The van der Waals surface area contributed by atoms with Crippen LogP contribution in [0.5, 0.6) is 0 Å². The van der Waals surface area contributed by atoms with Crippen molar-refractivity contribution in [1.82, 2.24) is 15.2 Å². The molecule has 0 aliphatic heterocycles. The largest absolute Gasteiger partial charge is 0.358 e. The molecular weight excluding hydrogens is 278 g/mol. The van der Waals surface area contributed by atoms with E-state index in [1.807, 2.05) is 6.92 Å². The van der Waals surface area contributed by atoms with Gasteiger partial charge >= 0.3 is 0 Å². The summed E-state index contributed by atoms with van der Waals surface area (Å²) in [5.74, 6) is 0.255. The van der Waals surface area contributed by atoms with Crippen LogP contribution in [0, 0.1) is 6.92 Å². The summed E-state index contributed by atoms with van der Waals surface area (Å²) in [6, 6.07) is 3.27. The number of amides is 2. The Kier molecular flexibility index (Phi) is 6.86. The van der Waals surface area contributed by atoms with E-state index in [1.54, 1.807) is 23.9 Å². The van der Waals surface area contributed by atoms with E-state index in [0.717, 1.165) is 5.56 Å². The lowest BCUT2D eigenvalue weighted by atomic mass is 10.3. The van der Waals surface area contributed by atoms with E-state index in [1.165, 1.54) is 17.8 Å². The highest BCUT2D eigenvalue weighted by atomic mass is 32.2. The minimum absolute atomic E-state index is 0.0844. The average molecular weight is 297 g/mol. The van der Waals surface area contributed by atoms with Crippen LogP contribution < -0.4 is 16.2 Å². The van der Waals surface area contributed by atoms with Gasteiger partial charge in [0.05, 0.1) is 11.5 Å². The van der Waals surface area contributed by atoms with Crippen LogP contribution in [-0.4, -0.2) is 41.5 Å². The van der Waals surface area contributed by atoms with Crippen molar-refractivity contribution in [2.75, 3.05) is 25.1 Å². The Balaban J connectivity index is 2.26. The van der Waals surface area contributed by atoms with Crippen molar-refractivity contribution in [3.05, 3.63) is 34.2 Å². The Bertz CT molecular complexity index is 528. The van der Waals surface area contributed by atoms with Crippen molar-refractivity contribution in [1.29, 1.82) is 0 Å². The molecule has 1 heterocycles. The normalized spacial score (nSPS) is 10.1. The number of aromatic nitrogens is 1. The van der Waals surface area contributed by atoms with Gasteiger partial charge in [-0.3, -0.25) is 14.4 Å². The van der Waals surface area contributed by atoms with Crippen LogP contribution in [0.1, 0.15) is 5.56 Å². The highest BCUT2D eigenvalue weighted by Crippen LogP contribution is 1.98. The van der Waals surface area contributed by atoms with Gasteiger partial charge in [-0.05, 0) is 12.5 Å². The van der Waals surface area contributed by atoms with Gasteiger partial charge in [0.25, 0.3) is 5.56 Å². The predicted octanol–water partition coefficient (Wildman–Crippen LogP) is -0.248. The van der Waals surface area contributed by atoms with Crippen molar-refractivity contribution in [3.63, 3.8) is 0 Å². The Morgan fingerprint density at radius 3 is 2.65 bits per heavy atom. The summed E-state index contributed by atoms with van der Waals surface area (Å²) in [4.78, 5) is 34.0. The molecule has 0 fully saturated rings. The number of carbonyl (C=O) groups excluding carboxylic acids is 2. The molecule has 2 N–H and O–H groups in total. The molecule has 0 unspecified atom stereocenters. The first-order valence-corrected chi connectivity index (χ1v) is 7.40. The predicted molar refractivity (Wildman–Crippen MR) is 79.8 cm³/mol. The molecule has 7 heteroatoms. The highest BCUT2D eigenvalue weighted by Gasteiger charge is 2.04. The maximum absolute atomic E-state index is 11.5. The van der Waals surface area contributed by atoms with Crippen LogP contribution in [-0.2, 0) is 16.1 Å². The fourth-order valence-electron chi connectivity index (χ4n) is 1.50. The number of thioether (sulfide) groups is 1. The summed E-state index contributed by atoms with van der Waals surface area (Å²) in [5, 5.41) is 5.20. The summed E-state index contributed by atoms with van der Waals surface area (Å²) in [6.07, 6.45) is 1.76. The summed E-state index contributed by atoms with van der Waals surface area (Å²) in [5.41, 5.74) is 0.913. The maximum atomic E-state index is 11.5. The molecule has 0 saturated heterocycles. The van der Waals surface area contributed by atoms with Gasteiger partial charge in [0.15, 0.2) is 0 Å². The second-order valence-corrected chi connectivity index (χ2v) is 5.24. The summed E-state index contributed by atoms with van der Waals surface area (Å²) in [6.45, 7) is 2.74. The van der Waals surface area contributed by atoms with Crippen molar-refractivity contribution in [2.24, 2.45) is 0 Å². The summed E-state index contributed by atoms with van der Waals surface area (Å²) < 4.78 is 1.56. The number of nitrogens with zero attached hydrogens (tertiary/aromatic N) is 1. The molecule has 20 heavy (non-hydrogen) atoms. The van der Waals surface area contributed by atoms with Crippen molar-refractivity contribution in [3.8, 4) is 0 Å². The number of carbonyl (C=O) groups is 2. The van der Waals surface area contributed by atoms with Crippen LogP contribution in [0.25, 0.3) is 0 Å². The van der Waals surface area contributed by atoms with E-state index in [0.29, 0.717) is 13.1 Å². The van der Waals surface area contributed by atoms with E-state index < -0.39 is 0 Å². The van der Waals surface area contributed by atoms with E-state index in [4.69, 9.17) is 0 Å². The van der Waals surface area contributed by atoms with Crippen LogP contribution >= 0.6 is 11.8 Å². The molecule has 0 aromatic carbocycles. The fraction of sp³-hybridized carbons (Fsp3) is 0.462. The molecule has 110 valence electrons. The summed E-state index contributed by atoms with van der Waals surface area (Å²) in [7, 11) is 1.56. The van der Waals surface area contributed by atoms with Crippen LogP contribution in [0.2, 0.25) is 0 Å². The lowest BCUT2D eigenvalue weighted by Gasteiger charge is -2.08. The van der Waals surface area contributed by atoms with E-state index in [9.17, 15) is 14.4 Å². The number of rotatable bonds is 7. The molecule has 0 radical (unpaired) electrons. The third-order valence-electron chi connectivity index (χ3n) is 2.55. The Hall–Kier alpha value is -1.76. The average Bonchev–Trinajstić information content (AvgIpc) is 2.42. The topological polar surface area (TPSA) is 80.2 Å². The first-order valence-electron chi connectivity index (χ1n) is 6.25. The van der Waals surface area contributed by atoms with E-state index in [2.05, 4.69) is 10.6 Å². The van der Waals surface area contributed by atoms with Gasteiger partial charge in [0, 0.05) is 32.4 Å². The molecule has 0 bridgehead atoms. The molecule has 1 rings (SSSR count). The monoisotopic (exact) mass is 297 g/mol. The quantitative estimate of drug-likeness (QED) is 0.727. The second kappa shape index (κ2) is 8.42. The molecule has 0 saturated carbocycles. The Morgan fingerprint density at radius 2 is 1.95 bits per heavy atom. The number of nitrogens with one attached hydrogen (secondary N) is 2. The lowest BCUT2D eigenvalue weighted by Crippen LogP contribution is -2.32. The number of aryl methyl sites for hydroxylation is 1. The van der Waals surface area contributed by atoms with E-state index >= 15 is 0 Å². The van der Waals surface area contributed by atoms with Crippen molar-refractivity contribution in [2.45, 2.75) is 13.5 Å². The highest BCUT2D eigenvalue weighted by molar-refractivity contribution is 8.00. The first-order chi connectivity index (χ1) is 9.52. The third kappa shape index (κ3) is 5.92. The van der Waals surface area contributed by atoms with Gasteiger partial charge in [-0.1, -0.05) is 6.07 Å². The molecule has 6 nitrogen and oxygen atoms in total. The minimum Gasteiger partial charge on any atom is -0.358 e. The Labute approximate surface area is 121 Å². The zero-order valence-corrected chi connectivity index (χ0v) is 12.5. The number of pyridine rings is 1. The fourth-order valence-corrected chi connectivity index (χ4v) is 2.22. The smallest absolute Gasteiger partial charge is 0.250 e. The van der Waals surface area contributed by atoms with Crippen molar-refractivity contribution < 1.29 is 9.59 Å².